The molecule has 0 amide bonds. The number of aliphatic hydroxyl groups is 1. The van der Waals surface area contributed by atoms with Crippen molar-refractivity contribution in [2.75, 3.05) is 20.3 Å². The standard InChI is InChI=1S/C14H20O3/c1-16-14-5-3-2-4-12(14)13(15)10-11-6-8-17-9-7-11/h2-5,11,13,15H,6-10H2,1H3. The first-order valence-corrected chi connectivity index (χ1v) is 6.20. The lowest BCUT2D eigenvalue weighted by molar-refractivity contribution is 0.0430. The lowest BCUT2D eigenvalue weighted by Crippen LogP contribution is -2.18. The molecule has 94 valence electrons. The van der Waals surface area contributed by atoms with Crippen molar-refractivity contribution in [3.05, 3.63) is 29.8 Å². The summed E-state index contributed by atoms with van der Waals surface area (Å²) >= 11 is 0. The minimum absolute atomic E-state index is 0.436. The Morgan fingerprint density at radius 2 is 2.06 bits per heavy atom. The second-order valence-corrected chi connectivity index (χ2v) is 4.55. The summed E-state index contributed by atoms with van der Waals surface area (Å²) < 4.78 is 10.6. The monoisotopic (exact) mass is 236 g/mol. The topological polar surface area (TPSA) is 38.7 Å². The van der Waals surface area contributed by atoms with Crippen molar-refractivity contribution in [2.45, 2.75) is 25.4 Å². The molecule has 1 aromatic rings. The van der Waals surface area contributed by atoms with E-state index < -0.39 is 6.10 Å². The summed E-state index contributed by atoms with van der Waals surface area (Å²) in [7, 11) is 1.64. The average molecular weight is 236 g/mol. The van der Waals surface area contributed by atoms with E-state index in [1.54, 1.807) is 7.11 Å². The summed E-state index contributed by atoms with van der Waals surface area (Å²) in [5, 5.41) is 10.3. The van der Waals surface area contributed by atoms with Gasteiger partial charge in [0.25, 0.3) is 0 Å². The molecular weight excluding hydrogens is 216 g/mol. The van der Waals surface area contributed by atoms with Crippen LogP contribution in [0.1, 0.15) is 30.9 Å². The minimum atomic E-state index is -0.436. The Morgan fingerprint density at radius 1 is 1.35 bits per heavy atom. The van der Waals surface area contributed by atoms with E-state index in [2.05, 4.69) is 0 Å². The Hall–Kier alpha value is -1.06. The summed E-state index contributed by atoms with van der Waals surface area (Å²) in [6.07, 6.45) is 2.46. The van der Waals surface area contributed by atoms with Crippen LogP contribution in [-0.2, 0) is 4.74 Å². The molecule has 1 saturated heterocycles. The number of hydrogen-bond acceptors (Lipinski definition) is 3. The Kier molecular flexibility index (Phi) is 4.40. The molecule has 3 nitrogen and oxygen atoms in total. The summed E-state index contributed by atoms with van der Waals surface area (Å²) in [6, 6.07) is 7.68. The molecule has 1 aliphatic rings. The summed E-state index contributed by atoms with van der Waals surface area (Å²) in [5.41, 5.74) is 0.890. The number of para-hydroxylation sites is 1. The van der Waals surface area contributed by atoms with Gasteiger partial charge < -0.3 is 14.6 Å². The SMILES string of the molecule is COc1ccccc1C(O)CC1CCOCC1. The van der Waals surface area contributed by atoms with Gasteiger partial charge in [-0.05, 0) is 31.2 Å². The van der Waals surface area contributed by atoms with E-state index in [0.29, 0.717) is 5.92 Å². The minimum Gasteiger partial charge on any atom is -0.496 e. The number of aliphatic hydroxyl groups excluding tert-OH is 1. The largest absolute Gasteiger partial charge is 0.496 e. The molecule has 0 aliphatic carbocycles. The maximum atomic E-state index is 10.3. The van der Waals surface area contributed by atoms with Crippen molar-refractivity contribution in [1.82, 2.24) is 0 Å². The number of rotatable bonds is 4. The van der Waals surface area contributed by atoms with Gasteiger partial charge in [0.15, 0.2) is 0 Å². The van der Waals surface area contributed by atoms with Crippen LogP contribution in [0.3, 0.4) is 0 Å². The third-order valence-corrected chi connectivity index (χ3v) is 3.40. The van der Waals surface area contributed by atoms with Crippen LogP contribution in [-0.4, -0.2) is 25.4 Å². The molecule has 0 aromatic heterocycles. The molecule has 1 aromatic carbocycles. The first-order chi connectivity index (χ1) is 8.31. The van der Waals surface area contributed by atoms with Gasteiger partial charge in [-0.3, -0.25) is 0 Å². The zero-order valence-corrected chi connectivity index (χ0v) is 10.3. The number of methoxy groups -OCH3 is 1. The molecule has 1 N–H and O–H groups in total. The summed E-state index contributed by atoms with van der Waals surface area (Å²) in [6.45, 7) is 1.65. The fraction of sp³-hybridized carbons (Fsp3) is 0.571. The second-order valence-electron chi connectivity index (χ2n) is 4.55. The fourth-order valence-corrected chi connectivity index (χ4v) is 2.37. The van der Waals surface area contributed by atoms with Crippen LogP contribution in [0.4, 0.5) is 0 Å². The van der Waals surface area contributed by atoms with Crippen molar-refractivity contribution < 1.29 is 14.6 Å². The molecule has 0 bridgehead atoms. The molecule has 1 heterocycles. The van der Waals surface area contributed by atoms with Crippen molar-refractivity contribution in [1.29, 1.82) is 0 Å². The van der Waals surface area contributed by atoms with E-state index in [9.17, 15) is 5.11 Å². The van der Waals surface area contributed by atoms with Crippen molar-refractivity contribution >= 4 is 0 Å². The van der Waals surface area contributed by atoms with Crippen molar-refractivity contribution in [2.24, 2.45) is 5.92 Å². The van der Waals surface area contributed by atoms with Crippen LogP contribution in [0, 0.1) is 5.92 Å². The highest BCUT2D eigenvalue weighted by molar-refractivity contribution is 5.34. The Labute approximate surface area is 102 Å². The van der Waals surface area contributed by atoms with Crippen molar-refractivity contribution in [3.63, 3.8) is 0 Å². The number of ether oxygens (including phenoxy) is 2. The highest BCUT2D eigenvalue weighted by atomic mass is 16.5. The van der Waals surface area contributed by atoms with Crippen LogP contribution in [0.25, 0.3) is 0 Å². The van der Waals surface area contributed by atoms with E-state index in [0.717, 1.165) is 43.8 Å². The average Bonchev–Trinajstić information content (AvgIpc) is 2.40. The van der Waals surface area contributed by atoms with Crippen molar-refractivity contribution in [3.8, 4) is 5.75 Å². The van der Waals surface area contributed by atoms with Gasteiger partial charge in [-0.15, -0.1) is 0 Å². The molecule has 1 aliphatic heterocycles. The normalized spacial score (nSPS) is 18.9. The summed E-state index contributed by atoms with van der Waals surface area (Å²) in [4.78, 5) is 0. The van der Waals surface area contributed by atoms with Gasteiger partial charge >= 0.3 is 0 Å². The second kappa shape index (κ2) is 6.03. The van der Waals surface area contributed by atoms with Crippen LogP contribution < -0.4 is 4.74 Å². The van der Waals surface area contributed by atoms with Crippen LogP contribution in [0.5, 0.6) is 5.75 Å². The molecule has 1 unspecified atom stereocenters. The Morgan fingerprint density at radius 3 is 2.76 bits per heavy atom. The lowest BCUT2D eigenvalue weighted by Gasteiger charge is -2.25. The fourth-order valence-electron chi connectivity index (χ4n) is 2.37. The van der Waals surface area contributed by atoms with Gasteiger partial charge in [0.2, 0.25) is 0 Å². The highest BCUT2D eigenvalue weighted by Gasteiger charge is 2.20. The van der Waals surface area contributed by atoms with Crippen LogP contribution >= 0.6 is 0 Å². The third-order valence-electron chi connectivity index (χ3n) is 3.40. The molecule has 2 rings (SSSR count). The lowest BCUT2D eigenvalue weighted by atomic mass is 9.91. The molecule has 3 heteroatoms. The van der Waals surface area contributed by atoms with Gasteiger partial charge in [0.05, 0.1) is 13.2 Å². The predicted octanol–water partition coefficient (Wildman–Crippen LogP) is 2.55. The third kappa shape index (κ3) is 3.20. The Bertz CT molecular complexity index is 345. The van der Waals surface area contributed by atoms with Gasteiger partial charge in [-0.2, -0.15) is 0 Å². The quantitative estimate of drug-likeness (QED) is 0.873. The van der Waals surface area contributed by atoms with E-state index in [4.69, 9.17) is 9.47 Å². The highest BCUT2D eigenvalue weighted by Crippen LogP contribution is 2.32. The molecule has 1 atom stereocenters. The van der Waals surface area contributed by atoms with Crippen LogP contribution in [0.2, 0.25) is 0 Å². The molecule has 1 fully saturated rings. The van der Waals surface area contributed by atoms with Gasteiger partial charge in [-0.1, -0.05) is 18.2 Å². The van der Waals surface area contributed by atoms with Gasteiger partial charge in [-0.25, -0.2) is 0 Å². The van der Waals surface area contributed by atoms with Crippen LogP contribution in [0.15, 0.2) is 24.3 Å². The smallest absolute Gasteiger partial charge is 0.124 e. The maximum absolute atomic E-state index is 10.3. The molecular formula is C14H20O3. The van der Waals surface area contributed by atoms with Gasteiger partial charge in [0.1, 0.15) is 5.75 Å². The first kappa shape index (κ1) is 12.4. The van der Waals surface area contributed by atoms with E-state index in [1.807, 2.05) is 24.3 Å². The van der Waals surface area contributed by atoms with Gasteiger partial charge in [0, 0.05) is 18.8 Å². The Balaban J connectivity index is 2.00. The molecule has 0 radical (unpaired) electrons. The van der Waals surface area contributed by atoms with E-state index in [-0.39, 0.29) is 0 Å². The number of hydrogen-bond donors (Lipinski definition) is 1. The summed E-state index contributed by atoms with van der Waals surface area (Å²) in [5.74, 6) is 1.33. The number of benzene rings is 1. The molecule has 0 saturated carbocycles. The first-order valence-electron chi connectivity index (χ1n) is 6.20. The predicted molar refractivity (Wildman–Crippen MR) is 66.1 cm³/mol. The zero-order chi connectivity index (χ0) is 12.1. The zero-order valence-electron chi connectivity index (χ0n) is 10.3. The maximum Gasteiger partial charge on any atom is 0.124 e. The molecule has 17 heavy (non-hydrogen) atoms. The van der Waals surface area contributed by atoms with E-state index >= 15 is 0 Å². The van der Waals surface area contributed by atoms with E-state index in [1.165, 1.54) is 0 Å². The molecule has 0 spiro atoms.